The zero-order valence-corrected chi connectivity index (χ0v) is 16.6. The van der Waals surface area contributed by atoms with Crippen LogP contribution in [0.3, 0.4) is 0 Å². The Labute approximate surface area is 168 Å². The summed E-state index contributed by atoms with van der Waals surface area (Å²) in [6, 6.07) is 9.64. The van der Waals surface area contributed by atoms with E-state index in [4.69, 9.17) is 10.5 Å². The molecule has 8 heteroatoms. The van der Waals surface area contributed by atoms with Gasteiger partial charge in [-0.3, -0.25) is 9.69 Å². The number of ether oxygens (including phenoxy) is 1. The Morgan fingerprint density at radius 2 is 2.17 bits per heavy atom. The van der Waals surface area contributed by atoms with Crippen molar-refractivity contribution in [3.05, 3.63) is 58.8 Å². The minimum absolute atomic E-state index is 0.00818. The maximum absolute atomic E-state index is 13.3. The summed E-state index contributed by atoms with van der Waals surface area (Å²) in [7, 11) is 1.58. The Morgan fingerprint density at radius 1 is 1.38 bits per heavy atom. The van der Waals surface area contributed by atoms with Crippen molar-refractivity contribution in [3.63, 3.8) is 0 Å². The summed E-state index contributed by atoms with van der Waals surface area (Å²) in [6.45, 7) is 4.10. The van der Waals surface area contributed by atoms with Crippen molar-refractivity contribution >= 4 is 11.7 Å². The van der Waals surface area contributed by atoms with Gasteiger partial charge in [-0.1, -0.05) is 26.0 Å². The Hall–Kier alpha value is -3.60. The molecule has 1 atom stereocenters. The van der Waals surface area contributed by atoms with Crippen molar-refractivity contribution in [1.82, 2.24) is 15.2 Å². The van der Waals surface area contributed by atoms with E-state index >= 15 is 0 Å². The van der Waals surface area contributed by atoms with Gasteiger partial charge in [0, 0.05) is 17.7 Å². The Kier molecular flexibility index (Phi) is 4.38. The first-order chi connectivity index (χ1) is 13.9. The van der Waals surface area contributed by atoms with Gasteiger partial charge in [-0.25, -0.2) is 5.10 Å². The minimum Gasteiger partial charge on any atom is -0.497 e. The summed E-state index contributed by atoms with van der Waals surface area (Å²) >= 11 is 0. The molecule has 0 bridgehead atoms. The Bertz CT molecular complexity index is 1070. The maximum Gasteiger partial charge on any atom is 0.231 e. The molecule has 2 aliphatic rings. The number of ketones is 1. The molecule has 0 saturated heterocycles. The van der Waals surface area contributed by atoms with Crippen LogP contribution in [0.5, 0.6) is 5.75 Å². The fraction of sp³-hybridized carbons (Fsp3) is 0.333. The zero-order chi connectivity index (χ0) is 20.8. The molecule has 1 unspecified atom stereocenters. The van der Waals surface area contributed by atoms with Crippen LogP contribution >= 0.6 is 0 Å². The van der Waals surface area contributed by atoms with E-state index in [1.807, 2.05) is 38.1 Å². The van der Waals surface area contributed by atoms with Crippen LogP contribution in [0, 0.1) is 16.7 Å². The fourth-order valence-electron chi connectivity index (χ4n) is 4.21. The molecule has 2 aromatic rings. The van der Waals surface area contributed by atoms with Crippen LogP contribution in [0.2, 0.25) is 0 Å². The third-order valence-corrected chi connectivity index (χ3v) is 5.42. The van der Waals surface area contributed by atoms with Gasteiger partial charge in [0.1, 0.15) is 17.9 Å². The number of nitrogens with zero attached hydrogens (tertiary/aromatic N) is 4. The maximum atomic E-state index is 13.3. The fourth-order valence-corrected chi connectivity index (χ4v) is 4.21. The molecule has 0 saturated carbocycles. The molecule has 0 spiro atoms. The number of hydrogen-bond acceptors (Lipinski definition) is 7. The molecule has 1 aromatic carbocycles. The summed E-state index contributed by atoms with van der Waals surface area (Å²) in [5.74, 6) is 0.752. The first-order valence-electron chi connectivity index (χ1n) is 9.31. The summed E-state index contributed by atoms with van der Waals surface area (Å²) in [4.78, 5) is 19.2. The number of nitrogens with two attached hydrogens (primary N) is 1. The van der Waals surface area contributed by atoms with Gasteiger partial charge in [0.2, 0.25) is 5.95 Å². The number of hydrogen-bond donors (Lipinski definition) is 2. The number of allylic oxidation sites excluding steroid dienone is 3. The van der Waals surface area contributed by atoms with Crippen LogP contribution in [-0.4, -0.2) is 28.1 Å². The number of aromatic amines is 1. The molecule has 29 heavy (non-hydrogen) atoms. The number of nitrogens with one attached hydrogen (secondary N) is 1. The average molecular weight is 390 g/mol. The predicted molar refractivity (Wildman–Crippen MR) is 106 cm³/mol. The number of rotatable bonds is 3. The topological polar surface area (TPSA) is 121 Å². The predicted octanol–water partition coefficient (Wildman–Crippen LogP) is 2.75. The number of methoxy groups -OCH3 is 1. The second kappa shape index (κ2) is 6.78. The standard InChI is InChI=1S/C21H22N6O2/c1-21(2)8-15-18(16(28)9-21)17(12-5-4-6-13(7-12)29-3)14(10-22)19(23)27(15)20-24-11-25-26-20/h4-7,11,17H,8-9,23H2,1-3H3,(H,24,25,26). The molecule has 1 aromatic heterocycles. The lowest BCUT2D eigenvalue weighted by Crippen LogP contribution is -2.42. The highest BCUT2D eigenvalue weighted by molar-refractivity contribution is 6.01. The number of benzene rings is 1. The van der Waals surface area contributed by atoms with E-state index in [1.165, 1.54) is 6.33 Å². The molecule has 1 aliphatic heterocycles. The van der Waals surface area contributed by atoms with Crippen molar-refractivity contribution in [2.75, 3.05) is 12.0 Å². The van der Waals surface area contributed by atoms with E-state index in [0.29, 0.717) is 35.7 Å². The van der Waals surface area contributed by atoms with E-state index in [2.05, 4.69) is 21.3 Å². The van der Waals surface area contributed by atoms with Crippen LogP contribution in [0.25, 0.3) is 0 Å². The van der Waals surface area contributed by atoms with E-state index in [0.717, 1.165) is 11.3 Å². The molecule has 8 nitrogen and oxygen atoms in total. The Balaban J connectivity index is 1.99. The quantitative estimate of drug-likeness (QED) is 0.826. The largest absolute Gasteiger partial charge is 0.497 e. The van der Waals surface area contributed by atoms with E-state index in [1.54, 1.807) is 12.0 Å². The number of Topliss-reactive ketones (excluding diaryl/α,β-unsaturated/α-hetero) is 1. The van der Waals surface area contributed by atoms with Crippen LogP contribution in [0.1, 0.15) is 38.2 Å². The van der Waals surface area contributed by atoms with Gasteiger partial charge in [0.05, 0.1) is 24.7 Å². The lowest BCUT2D eigenvalue weighted by molar-refractivity contribution is -0.118. The first-order valence-corrected chi connectivity index (χ1v) is 9.31. The van der Waals surface area contributed by atoms with Gasteiger partial charge >= 0.3 is 0 Å². The summed E-state index contributed by atoms with van der Waals surface area (Å²) in [5, 5.41) is 16.7. The van der Waals surface area contributed by atoms with E-state index in [-0.39, 0.29) is 17.0 Å². The number of carbonyl (C=O) groups excluding carboxylic acids is 1. The van der Waals surface area contributed by atoms with Crippen LogP contribution in [-0.2, 0) is 4.79 Å². The van der Waals surface area contributed by atoms with Gasteiger partial charge < -0.3 is 10.5 Å². The molecule has 0 fully saturated rings. The summed E-state index contributed by atoms with van der Waals surface area (Å²) in [6.07, 6.45) is 2.39. The second-order valence-corrected chi connectivity index (χ2v) is 8.07. The number of nitriles is 1. The number of aromatic nitrogens is 3. The Morgan fingerprint density at radius 3 is 2.83 bits per heavy atom. The third kappa shape index (κ3) is 3.05. The zero-order valence-electron chi connectivity index (χ0n) is 16.6. The van der Waals surface area contributed by atoms with Crippen molar-refractivity contribution in [1.29, 1.82) is 5.26 Å². The molecular formula is C21H22N6O2. The van der Waals surface area contributed by atoms with Crippen molar-refractivity contribution in [2.45, 2.75) is 32.6 Å². The van der Waals surface area contributed by atoms with Crippen molar-refractivity contribution in [3.8, 4) is 11.8 Å². The molecular weight excluding hydrogens is 368 g/mol. The van der Waals surface area contributed by atoms with Gasteiger partial charge in [-0.05, 0) is 29.5 Å². The molecule has 148 valence electrons. The summed E-state index contributed by atoms with van der Waals surface area (Å²) < 4.78 is 5.35. The SMILES string of the molecule is COc1cccc(C2C(C#N)=C(N)N(c3ncn[nH]3)C3=C2C(=O)CC(C)(C)C3)c1. The lowest BCUT2D eigenvalue weighted by atomic mass is 9.68. The normalized spacial score (nSPS) is 21.1. The molecule has 0 radical (unpaired) electrons. The average Bonchev–Trinajstić information content (AvgIpc) is 3.20. The van der Waals surface area contributed by atoms with Crippen LogP contribution in [0.15, 0.2) is 53.3 Å². The first kappa shape index (κ1) is 18.7. The molecule has 2 heterocycles. The molecule has 0 amide bonds. The highest BCUT2D eigenvalue weighted by Crippen LogP contribution is 2.49. The van der Waals surface area contributed by atoms with Gasteiger partial charge in [-0.15, -0.1) is 0 Å². The smallest absolute Gasteiger partial charge is 0.231 e. The molecule has 4 rings (SSSR count). The van der Waals surface area contributed by atoms with Crippen molar-refractivity contribution in [2.24, 2.45) is 11.1 Å². The minimum atomic E-state index is -0.548. The second-order valence-electron chi connectivity index (χ2n) is 8.07. The van der Waals surface area contributed by atoms with Gasteiger partial charge in [-0.2, -0.15) is 15.3 Å². The monoisotopic (exact) mass is 390 g/mol. The molecule has 3 N–H and O–H groups in total. The number of H-pyrrole nitrogens is 1. The van der Waals surface area contributed by atoms with E-state index in [9.17, 15) is 10.1 Å². The highest BCUT2D eigenvalue weighted by Gasteiger charge is 2.45. The molecule has 1 aliphatic carbocycles. The summed E-state index contributed by atoms with van der Waals surface area (Å²) in [5.41, 5.74) is 8.68. The van der Waals surface area contributed by atoms with Gasteiger partial charge in [0.15, 0.2) is 5.78 Å². The van der Waals surface area contributed by atoms with Gasteiger partial charge in [0.25, 0.3) is 0 Å². The van der Waals surface area contributed by atoms with Crippen LogP contribution < -0.4 is 15.4 Å². The highest BCUT2D eigenvalue weighted by atomic mass is 16.5. The van der Waals surface area contributed by atoms with Crippen LogP contribution in [0.4, 0.5) is 5.95 Å². The van der Waals surface area contributed by atoms with Crippen molar-refractivity contribution < 1.29 is 9.53 Å². The lowest BCUT2D eigenvalue weighted by Gasteiger charge is -2.42. The third-order valence-electron chi connectivity index (χ3n) is 5.42. The van der Waals surface area contributed by atoms with E-state index < -0.39 is 5.92 Å². The number of carbonyl (C=O) groups is 1. The number of anilines is 1.